The lowest BCUT2D eigenvalue weighted by Gasteiger charge is -2.41. The van der Waals surface area contributed by atoms with Crippen LogP contribution in [0.5, 0.6) is 5.75 Å². The first-order chi connectivity index (χ1) is 13.3. The third-order valence-corrected chi connectivity index (χ3v) is 7.78. The standard InChI is InChI=1S/C20H31N3O4S/c1-16-5-4-6-17(2)23(16)20(24)15-21-11-13-22(14-12-21)28(25,26)19-9-7-18(27-3)8-10-19/h7-10,16-17H,4-6,11-15H2,1-3H3/t16-,17+. The molecular weight excluding hydrogens is 378 g/mol. The lowest BCUT2D eigenvalue weighted by Crippen LogP contribution is -2.54. The Morgan fingerprint density at radius 3 is 2.14 bits per heavy atom. The molecule has 0 saturated carbocycles. The highest BCUT2D eigenvalue weighted by molar-refractivity contribution is 7.89. The molecule has 0 radical (unpaired) electrons. The molecule has 28 heavy (non-hydrogen) atoms. The Balaban J connectivity index is 1.57. The summed E-state index contributed by atoms with van der Waals surface area (Å²) in [5.74, 6) is 0.787. The van der Waals surface area contributed by atoms with Gasteiger partial charge in [-0.2, -0.15) is 4.31 Å². The molecule has 3 rings (SSSR count). The fourth-order valence-corrected chi connectivity index (χ4v) is 5.63. The van der Waals surface area contributed by atoms with Crippen molar-refractivity contribution in [2.75, 3.05) is 39.8 Å². The first-order valence-corrected chi connectivity index (χ1v) is 11.4. The van der Waals surface area contributed by atoms with Crippen molar-refractivity contribution in [3.8, 4) is 5.75 Å². The molecule has 2 aliphatic heterocycles. The van der Waals surface area contributed by atoms with Gasteiger partial charge < -0.3 is 9.64 Å². The highest BCUT2D eigenvalue weighted by atomic mass is 32.2. The Morgan fingerprint density at radius 1 is 1.04 bits per heavy atom. The molecule has 2 atom stereocenters. The number of benzene rings is 1. The maximum atomic E-state index is 12.8. The fourth-order valence-electron chi connectivity index (χ4n) is 4.21. The van der Waals surface area contributed by atoms with Crippen LogP contribution < -0.4 is 4.74 Å². The van der Waals surface area contributed by atoms with Crippen molar-refractivity contribution in [3.63, 3.8) is 0 Å². The predicted molar refractivity (Wildman–Crippen MR) is 108 cm³/mol. The number of sulfonamides is 1. The van der Waals surface area contributed by atoms with E-state index >= 15 is 0 Å². The second-order valence-electron chi connectivity index (χ2n) is 7.79. The van der Waals surface area contributed by atoms with Crippen molar-refractivity contribution < 1.29 is 17.9 Å². The lowest BCUT2D eigenvalue weighted by atomic mass is 9.97. The summed E-state index contributed by atoms with van der Waals surface area (Å²) in [5, 5.41) is 0. The predicted octanol–water partition coefficient (Wildman–Crippen LogP) is 1.79. The average molecular weight is 410 g/mol. The molecule has 2 heterocycles. The van der Waals surface area contributed by atoms with Gasteiger partial charge in [0, 0.05) is 38.3 Å². The summed E-state index contributed by atoms with van der Waals surface area (Å²) >= 11 is 0. The molecule has 0 aliphatic carbocycles. The minimum absolute atomic E-state index is 0.158. The van der Waals surface area contributed by atoms with Crippen LogP contribution in [0.15, 0.2) is 29.2 Å². The molecule has 0 bridgehead atoms. The molecule has 8 heteroatoms. The van der Waals surface area contributed by atoms with Crippen LogP contribution in [-0.2, 0) is 14.8 Å². The van der Waals surface area contributed by atoms with Crippen LogP contribution in [0.4, 0.5) is 0 Å². The SMILES string of the molecule is COc1ccc(S(=O)(=O)N2CCN(CC(=O)N3[C@H](C)CCC[C@@H]3C)CC2)cc1. The first-order valence-electron chi connectivity index (χ1n) is 10.0. The molecule has 0 unspecified atom stereocenters. The molecule has 2 saturated heterocycles. The Hall–Kier alpha value is -1.64. The number of nitrogens with zero attached hydrogens (tertiary/aromatic N) is 3. The van der Waals surface area contributed by atoms with Crippen LogP contribution >= 0.6 is 0 Å². The van der Waals surface area contributed by atoms with Crippen molar-refractivity contribution in [3.05, 3.63) is 24.3 Å². The molecule has 7 nitrogen and oxygen atoms in total. The molecule has 2 fully saturated rings. The van der Waals surface area contributed by atoms with E-state index in [0.29, 0.717) is 38.5 Å². The van der Waals surface area contributed by atoms with E-state index in [9.17, 15) is 13.2 Å². The first kappa shape index (κ1) is 21.1. The molecule has 1 amide bonds. The van der Waals surface area contributed by atoms with Crippen LogP contribution in [0.25, 0.3) is 0 Å². The van der Waals surface area contributed by atoms with Crippen LogP contribution in [0.3, 0.4) is 0 Å². The Morgan fingerprint density at radius 2 is 1.61 bits per heavy atom. The quantitative estimate of drug-likeness (QED) is 0.742. The monoisotopic (exact) mass is 409 g/mol. The van der Waals surface area contributed by atoms with Crippen LogP contribution in [0, 0.1) is 0 Å². The topological polar surface area (TPSA) is 70.2 Å². The third-order valence-electron chi connectivity index (χ3n) is 5.87. The van der Waals surface area contributed by atoms with E-state index in [1.54, 1.807) is 31.4 Å². The van der Waals surface area contributed by atoms with E-state index < -0.39 is 10.0 Å². The zero-order valence-electron chi connectivity index (χ0n) is 17.0. The van der Waals surface area contributed by atoms with Crippen LogP contribution in [0.2, 0.25) is 0 Å². The Bertz CT molecular complexity index is 763. The molecular formula is C20H31N3O4S. The molecule has 2 aliphatic rings. The second kappa shape index (κ2) is 8.80. The van der Waals surface area contributed by atoms with Gasteiger partial charge in [-0.25, -0.2) is 8.42 Å². The van der Waals surface area contributed by atoms with Crippen molar-refractivity contribution in [2.45, 2.75) is 50.1 Å². The largest absolute Gasteiger partial charge is 0.497 e. The number of methoxy groups -OCH3 is 1. The van der Waals surface area contributed by atoms with Gasteiger partial charge >= 0.3 is 0 Å². The molecule has 0 aromatic heterocycles. The maximum Gasteiger partial charge on any atom is 0.243 e. The van der Waals surface area contributed by atoms with Crippen molar-refractivity contribution >= 4 is 15.9 Å². The highest BCUT2D eigenvalue weighted by Gasteiger charge is 2.32. The van der Waals surface area contributed by atoms with Crippen LogP contribution in [0.1, 0.15) is 33.1 Å². The number of amides is 1. The van der Waals surface area contributed by atoms with Gasteiger partial charge in [-0.15, -0.1) is 0 Å². The van der Waals surface area contributed by atoms with Gasteiger partial charge in [-0.3, -0.25) is 9.69 Å². The number of hydrogen-bond acceptors (Lipinski definition) is 5. The number of carbonyl (C=O) groups is 1. The molecule has 0 spiro atoms. The van der Waals surface area contributed by atoms with E-state index in [4.69, 9.17) is 4.74 Å². The molecule has 1 aromatic carbocycles. The lowest BCUT2D eigenvalue weighted by molar-refractivity contribution is -0.138. The molecule has 0 N–H and O–H groups in total. The average Bonchev–Trinajstić information content (AvgIpc) is 2.68. The third kappa shape index (κ3) is 4.50. The Labute approximate surface area is 168 Å². The summed E-state index contributed by atoms with van der Waals surface area (Å²) < 4.78 is 32.3. The van der Waals surface area contributed by atoms with Crippen molar-refractivity contribution in [2.24, 2.45) is 0 Å². The van der Waals surface area contributed by atoms with Gasteiger partial charge in [0.2, 0.25) is 15.9 Å². The van der Waals surface area contributed by atoms with Crippen molar-refractivity contribution in [1.29, 1.82) is 0 Å². The number of carbonyl (C=O) groups excluding carboxylic acids is 1. The van der Waals surface area contributed by atoms with Gasteiger partial charge in [0.1, 0.15) is 5.75 Å². The Kier molecular flexibility index (Phi) is 6.62. The zero-order chi connectivity index (χ0) is 20.3. The summed E-state index contributed by atoms with van der Waals surface area (Å²) in [7, 11) is -1.97. The van der Waals surface area contributed by atoms with Gasteiger partial charge in [-0.05, 0) is 57.4 Å². The second-order valence-corrected chi connectivity index (χ2v) is 9.72. The van der Waals surface area contributed by atoms with Crippen molar-refractivity contribution in [1.82, 2.24) is 14.1 Å². The maximum absolute atomic E-state index is 12.8. The summed E-state index contributed by atoms with van der Waals surface area (Å²) in [4.78, 5) is 17.1. The van der Waals surface area contributed by atoms with E-state index in [1.807, 2.05) is 4.90 Å². The number of rotatable bonds is 5. The number of likely N-dealkylation sites (tertiary alicyclic amines) is 1. The summed E-state index contributed by atoms with van der Waals surface area (Å²) in [6.07, 6.45) is 3.29. The van der Waals surface area contributed by atoms with E-state index in [-0.39, 0.29) is 22.9 Å². The summed E-state index contributed by atoms with van der Waals surface area (Å²) in [5.41, 5.74) is 0. The van der Waals surface area contributed by atoms with Gasteiger partial charge in [0.15, 0.2) is 0 Å². The molecule has 1 aromatic rings. The number of piperidine rings is 1. The normalized spacial score (nSPS) is 24.9. The number of hydrogen-bond donors (Lipinski definition) is 0. The van der Waals surface area contributed by atoms with Crippen LogP contribution in [-0.4, -0.2) is 80.3 Å². The zero-order valence-corrected chi connectivity index (χ0v) is 17.8. The summed E-state index contributed by atoms with van der Waals surface area (Å²) in [6.45, 7) is 6.53. The molecule has 156 valence electrons. The minimum Gasteiger partial charge on any atom is -0.497 e. The highest BCUT2D eigenvalue weighted by Crippen LogP contribution is 2.24. The van der Waals surface area contributed by atoms with Gasteiger partial charge in [0.25, 0.3) is 0 Å². The number of piperazine rings is 1. The number of ether oxygens (including phenoxy) is 1. The van der Waals surface area contributed by atoms with E-state index in [2.05, 4.69) is 18.7 Å². The smallest absolute Gasteiger partial charge is 0.243 e. The minimum atomic E-state index is -3.52. The van der Waals surface area contributed by atoms with Gasteiger partial charge in [0.05, 0.1) is 18.6 Å². The van der Waals surface area contributed by atoms with E-state index in [0.717, 1.165) is 12.8 Å². The summed E-state index contributed by atoms with van der Waals surface area (Å²) in [6, 6.07) is 7.03. The van der Waals surface area contributed by atoms with Gasteiger partial charge in [-0.1, -0.05) is 0 Å². The fraction of sp³-hybridized carbons (Fsp3) is 0.650. The van der Waals surface area contributed by atoms with E-state index in [1.165, 1.54) is 10.7 Å².